The molecule has 0 aromatic heterocycles. The second-order valence-corrected chi connectivity index (χ2v) is 16.2. The topological polar surface area (TPSA) is 21.8 Å². The summed E-state index contributed by atoms with van der Waals surface area (Å²) in [5, 5.41) is 0. The average molecular weight is 489 g/mol. The molecule has 1 aliphatic heterocycles. The van der Waals surface area contributed by atoms with E-state index in [2.05, 4.69) is 33.8 Å². The molecule has 0 N–H and O–H groups in total. The molecule has 10 rings (SSSR count). The molecule has 196 valence electrons. The van der Waals surface area contributed by atoms with E-state index in [1.165, 1.54) is 82.8 Å². The Morgan fingerprint density at radius 2 is 1.22 bits per heavy atom. The molecule has 0 radical (unpaired) electrons. The Kier molecular flexibility index (Phi) is 4.80. The molecule has 36 heavy (non-hydrogen) atoms. The van der Waals surface area contributed by atoms with Crippen LogP contribution in [0.2, 0.25) is 0 Å². The zero-order valence-corrected chi connectivity index (χ0v) is 23.3. The van der Waals surface area contributed by atoms with Gasteiger partial charge >= 0.3 is 0 Å². The van der Waals surface area contributed by atoms with Crippen molar-refractivity contribution in [2.75, 3.05) is 13.2 Å². The van der Waals surface area contributed by atoms with Crippen molar-refractivity contribution >= 4 is 0 Å². The van der Waals surface area contributed by atoms with Crippen LogP contribution in [0.4, 0.5) is 0 Å². The molecule has 8 aliphatic carbocycles. The van der Waals surface area contributed by atoms with Gasteiger partial charge in [-0.2, -0.15) is 0 Å². The van der Waals surface area contributed by atoms with Gasteiger partial charge in [-0.05, 0) is 158 Å². The molecule has 9 fully saturated rings. The van der Waals surface area contributed by atoms with Crippen molar-refractivity contribution in [1.82, 2.24) is 0 Å². The summed E-state index contributed by atoms with van der Waals surface area (Å²) in [6.07, 6.45) is 18.1. The third kappa shape index (κ3) is 3.44. The zero-order chi connectivity index (χ0) is 24.4. The van der Waals surface area contributed by atoms with Gasteiger partial charge < -0.3 is 9.47 Å². The van der Waals surface area contributed by atoms with Crippen molar-refractivity contribution < 1.29 is 9.47 Å². The maximum atomic E-state index is 6.83. The third-order valence-electron chi connectivity index (χ3n) is 12.3. The number of hydrogen-bond donors (Lipinski definition) is 0. The quantitative estimate of drug-likeness (QED) is 0.392. The highest BCUT2D eigenvalue weighted by atomic mass is 16.6. The molecule has 2 heteroatoms. The van der Waals surface area contributed by atoms with Crippen molar-refractivity contribution in [2.24, 2.45) is 35.5 Å². The van der Waals surface area contributed by atoms with E-state index in [0.717, 1.165) is 48.7 Å². The van der Waals surface area contributed by atoms with E-state index in [1.54, 1.807) is 22.3 Å². The van der Waals surface area contributed by atoms with E-state index in [4.69, 9.17) is 9.47 Å². The summed E-state index contributed by atoms with van der Waals surface area (Å²) in [4.78, 5) is 0. The first-order chi connectivity index (χ1) is 17.2. The molecule has 0 amide bonds. The van der Waals surface area contributed by atoms with Gasteiger partial charge in [0, 0.05) is 5.56 Å². The van der Waals surface area contributed by atoms with Crippen LogP contribution in [0.25, 0.3) is 0 Å². The Labute approximate surface area is 219 Å². The fourth-order valence-corrected chi connectivity index (χ4v) is 12.0. The first kappa shape index (κ1) is 22.9. The Morgan fingerprint density at radius 1 is 0.778 bits per heavy atom. The normalized spacial score (nSPS) is 45.9. The molecule has 1 aromatic carbocycles. The average Bonchev–Trinajstić information content (AvgIpc) is 3.59. The highest BCUT2D eigenvalue weighted by Crippen LogP contribution is 2.66. The maximum Gasteiger partial charge on any atom is 0.123 e. The summed E-state index contributed by atoms with van der Waals surface area (Å²) in [7, 11) is 0. The molecule has 1 saturated heterocycles. The minimum atomic E-state index is 0.0865. The number of hydrogen-bond acceptors (Lipinski definition) is 2. The minimum Gasteiger partial charge on any atom is -0.490 e. The minimum absolute atomic E-state index is 0.0865. The fourth-order valence-electron chi connectivity index (χ4n) is 12.0. The first-order valence-corrected chi connectivity index (χ1v) is 15.6. The monoisotopic (exact) mass is 488 g/mol. The Morgan fingerprint density at radius 3 is 1.64 bits per heavy atom. The van der Waals surface area contributed by atoms with Crippen LogP contribution < -0.4 is 4.74 Å². The van der Waals surface area contributed by atoms with Crippen LogP contribution in [0, 0.1) is 42.4 Å². The standard InChI is InChI=1S/C34H48O2/c1-20-28(33-12-21-5-22(13-33)7-23(6-21)14-33)11-29(36-19-27-18-35-27)31(32(2,3)4)30(20)34-15-24-8-25(16-34)10-26(9-24)17-34/h11,21-27H,5-10,12-19H2,1-4H3. The van der Waals surface area contributed by atoms with Gasteiger partial charge in [0.05, 0.1) is 6.61 Å². The lowest BCUT2D eigenvalue weighted by Crippen LogP contribution is -2.51. The highest BCUT2D eigenvalue weighted by molar-refractivity contribution is 5.58. The predicted octanol–water partition coefficient (Wildman–Crippen LogP) is 8.01. The molecule has 1 heterocycles. The highest BCUT2D eigenvalue weighted by Gasteiger charge is 2.56. The summed E-state index contributed by atoms with van der Waals surface area (Å²) < 4.78 is 12.4. The van der Waals surface area contributed by atoms with Crippen molar-refractivity contribution in [3.8, 4) is 5.75 Å². The predicted molar refractivity (Wildman–Crippen MR) is 145 cm³/mol. The van der Waals surface area contributed by atoms with E-state index in [1.807, 2.05) is 0 Å². The smallest absolute Gasteiger partial charge is 0.123 e. The van der Waals surface area contributed by atoms with Gasteiger partial charge in [-0.3, -0.25) is 0 Å². The van der Waals surface area contributed by atoms with Crippen molar-refractivity contribution in [2.45, 2.75) is 127 Å². The molecular formula is C34H48O2. The summed E-state index contributed by atoms with van der Waals surface area (Å²) >= 11 is 0. The lowest BCUT2D eigenvalue weighted by atomic mass is 9.45. The van der Waals surface area contributed by atoms with Gasteiger partial charge in [-0.25, -0.2) is 0 Å². The Balaban J connectivity index is 1.33. The molecule has 1 atom stereocenters. The van der Waals surface area contributed by atoms with Gasteiger partial charge in [-0.15, -0.1) is 0 Å². The molecule has 8 bridgehead atoms. The van der Waals surface area contributed by atoms with E-state index >= 15 is 0 Å². The van der Waals surface area contributed by atoms with Crippen molar-refractivity contribution in [3.63, 3.8) is 0 Å². The van der Waals surface area contributed by atoms with Gasteiger partial charge in [-0.1, -0.05) is 20.8 Å². The molecular weight excluding hydrogens is 440 g/mol. The largest absolute Gasteiger partial charge is 0.490 e. The number of benzene rings is 1. The van der Waals surface area contributed by atoms with Gasteiger partial charge in [0.1, 0.15) is 18.5 Å². The SMILES string of the molecule is Cc1c(C23CC4CC(CC(C4)C2)C3)cc(OCC2CO2)c(C(C)(C)C)c1C12CC3CC(CC(C3)C1)C2. The zero-order valence-electron chi connectivity index (χ0n) is 23.3. The Hall–Kier alpha value is -1.02. The van der Waals surface area contributed by atoms with Crippen LogP contribution in [-0.2, 0) is 21.0 Å². The van der Waals surface area contributed by atoms with Gasteiger partial charge in [0.15, 0.2) is 0 Å². The number of rotatable bonds is 5. The van der Waals surface area contributed by atoms with E-state index in [-0.39, 0.29) is 5.41 Å². The summed E-state index contributed by atoms with van der Waals surface area (Å²) in [6.45, 7) is 11.5. The van der Waals surface area contributed by atoms with Crippen LogP contribution in [0.15, 0.2) is 6.07 Å². The van der Waals surface area contributed by atoms with Crippen molar-refractivity contribution in [3.05, 3.63) is 28.3 Å². The molecule has 0 spiro atoms. The number of ether oxygens (including phenoxy) is 2. The fraction of sp³-hybridized carbons (Fsp3) is 0.824. The van der Waals surface area contributed by atoms with E-state index in [9.17, 15) is 0 Å². The van der Waals surface area contributed by atoms with Crippen molar-refractivity contribution in [1.29, 1.82) is 0 Å². The van der Waals surface area contributed by atoms with Crippen LogP contribution >= 0.6 is 0 Å². The van der Waals surface area contributed by atoms with Crippen LogP contribution in [-0.4, -0.2) is 19.3 Å². The van der Waals surface area contributed by atoms with Gasteiger partial charge in [0.2, 0.25) is 0 Å². The van der Waals surface area contributed by atoms with E-state index < -0.39 is 0 Å². The molecule has 1 aromatic rings. The van der Waals surface area contributed by atoms with E-state index in [0.29, 0.717) is 16.9 Å². The molecule has 8 saturated carbocycles. The second kappa shape index (κ2) is 7.55. The summed E-state index contributed by atoms with van der Waals surface area (Å²) in [5.74, 6) is 7.07. The lowest BCUT2D eigenvalue weighted by Gasteiger charge is -2.60. The Bertz CT molecular complexity index is 999. The first-order valence-electron chi connectivity index (χ1n) is 15.6. The lowest BCUT2D eigenvalue weighted by molar-refractivity contribution is -0.00969. The van der Waals surface area contributed by atoms with Gasteiger partial charge in [0.25, 0.3) is 0 Å². The van der Waals surface area contributed by atoms with Crippen LogP contribution in [0.1, 0.15) is 120 Å². The number of epoxide rings is 1. The molecule has 1 unspecified atom stereocenters. The van der Waals surface area contributed by atoms with Crippen LogP contribution in [0.5, 0.6) is 5.75 Å². The summed E-state index contributed by atoms with van der Waals surface area (Å²) in [5.41, 5.74) is 7.69. The summed E-state index contributed by atoms with van der Waals surface area (Å²) in [6, 6.07) is 2.61. The third-order valence-corrected chi connectivity index (χ3v) is 12.3. The second-order valence-electron chi connectivity index (χ2n) is 16.2. The molecule has 2 nitrogen and oxygen atoms in total. The van der Waals surface area contributed by atoms with Crippen LogP contribution in [0.3, 0.4) is 0 Å². The maximum absolute atomic E-state index is 6.83. The molecule has 9 aliphatic rings.